The first kappa shape index (κ1) is 26.1. The van der Waals surface area contributed by atoms with Crippen LogP contribution in [0.25, 0.3) is 0 Å². The van der Waals surface area contributed by atoms with Gasteiger partial charge >= 0.3 is 0 Å². The zero-order chi connectivity index (χ0) is 21.2. The number of hydrogen-bond donors (Lipinski definition) is 2. The standard InChI is InChI=1S/C23H40N6O.HI/c1-4-28(5-2)21-10-9-20(17-25-21)18-26-22(24-3)27-19-23(11-7-6-8-12-23)29-13-15-30-16-14-29;/h9-10,17H,4-8,11-16,18-19H2,1-3H3,(H2,24,26,27);1H. The van der Waals surface area contributed by atoms with Crippen LogP contribution in [0.15, 0.2) is 23.3 Å². The van der Waals surface area contributed by atoms with E-state index in [-0.39, 0.29) is 29.5 Å². The number of nitrogens with one attached hydrogen (secondary N) is 2. The normalized spacial score (nSPS) is 19.4. The van der Waals surface area contributed by atoms with E-state index in [4.69, 9.17) is 4.74 Å². The second kappa shape index (κ2) is 13.4. The Balaban J connectivity index is 0.00000341. The van der Waals surface area contributed by atoms with Crippen LogP contribution in [0.5, 0.6) is 0 Å². The van der Waals surface area contributed by atoms with E-state index >= 15 is 0 Å². The predicted molar refractivity (Wildman–Crippen MR) is 140 cm³/mol. The summed E-state index contributed by atoms with van der Waals surface area (Å²) in [6.07, 6.45) is 8.46. The number of anilines is 1. The molecule has 0 unspecified atom stereocenters. The largest absolute Gasteiger partial charge is 0.379 e. The first-order valence-electron chi connectivity index (χ1n) is 11.7. The van der Waals surface area contributed by atoms with Gasteiger partial charge in [-0.05, 0) is 38.3 Å². The van der Waals surface area contributed by atoms with Crippen molar-refractivity contribution in [2.75, 3.05) is 57.9 Å². The molecule has 1 saturated carbocycles. The van der Waals surface area contributed by atoms with Crippen LogP contribution < -0.4 is 15.5 Å². The summed E-state index contributed by atoms with van der Waals surface area (Å²) < 4.78 is 5.60. The van der Waals surface area contributed by atoms with Gasteiger partial charge < -0.3 is 20.3 Å². The van der Waals surface area contributed by atoms with E-state index in [1.807, 2.05) is 13.2 Å². The van der Waals surface area contributed by atoms with Crippen molar-refractivity contribution in [3.05, 3.63) is 23.9 Å². The molecule has 1 aromatic heterocycles. The molecule has 2 fully saturated rings. The molecule has 1 saturated heterocycles. The van der Waals surface area contributed by atoms with Gasteiger partial charge in [0.05, 0.1) is 13.2 Å². The van der Waals surface area contributed by atoms with Crippen LogP contribution in [0.3, 0.4) is 0 Å². The summed E-state index contributed by atoms with van der Waals surface area (Å²) in [7, 11) is 1.85. The lowest BCUT2D eigenvalue weighted by atomic mass is 9.80. The van der Waals surface area contributed by atoms with E-state index in [9.17, 15) is 0 Å². The second-order valence-corrected chi connectivity index (χ2v) is 8.36. The zero-order valence-electron chi connectivity index (χ0n) is 19.5. The number of pyridine rings is 1. The van der Waals surface area contributed by atoms with Crippen LogP contribution in [0.4, 0.5) is 5.82 Å². The van der Waals surface area contributed by atoms with Crippen LogP contribution >= 0.6 is 24.0 Å². The number of morpholine rings is 1. The Labute approximate surface area is 205 Å². The zero-order valence-corrected chi connectivity index (χ0v) is 21.9. The summed E-state index contributed by atoms with van der Waals surface area (Å²) in [5.41, 5.74) is 1.39. The highest BCUT2D eigenvalue weighted by molar-refractivity contribution is 14.0. The lowest BCUT2D eigenvalue weighted by Gasteiger charge is -2.48. The van der Waals surface area contributed by atoms with Crippen LogP contribution in [0.2, 0.25) is 0 Å². The lowest BCUT2D eigenvalue weighted by Crippen LogP contribution is -2.60. The molecule has 1 aliphatic heterocycles. The Morgan fingerprint density at radius 3 is 2.42 bits per heavy atom. The highest BCUT2D eigenvalue weighted by atomic mass is 127. The minimum Gasteiger partial charge on any atom is -0.379 e. The number of nitrogens with zero attached hydrogens (tertiary/aromatic N) is 4. The van der Waals surface area contributed by atoms with E-state index in [1.165, 1.54) is 32.1 Å². The Kier molecular flexibility index (Phi) is 11.3. The minimum absolute atomic E-state index is 0. The SMILES string of the molecule is CCN(CC)c1ccc(CNC(=NC)NCC2(N3CCOCC3)CCCCC2)cn1.I. The summed E-state index contributed by atoms with van der Waals surface area (Å²) in [4.78, 5) is 14.0. The van der Waals surface area contributed by atoms with Crippen LogP contribution in [-0.2, 0) is 11.3 Å². The van der Waals surface area contributed by atoms with Gasteiger partial charge in [-0.1, -0.05) is 25.3 Å². The van der Waals surface area contributed by atoms with Gasteiger partial charge in [0.15, 0.2) is 5.96 Å². The highest BCUT2D eigenvalue weighted by Crippen LogP contribution is 2.33. The van der Waals surface area contributed by atoms with Crippen molar-refractivity contribution in [3.8, 4) is 0 Å². The molecule has 31 heavy (non-hydrogen) atoms. The average Bonchev–Trinajstić information content (AvgIpc) is 2.82. The van der Waals surface area contributed by atoms with Crippen molar-refractivity contribution in [3.63, 3.8) is 0 Å². The third kappa shape index (κ3) is 7.18. The molecule has 0 spiro atoms. The highest BCUT2D eigenvalue weighted by Gasteiger charge is 2.38. The van der Waals surface area contributed by atoms with E-state index in [0.717, 1.165) is 69.8 Å². The molecule has 2 N–H and O–H groups in total. The Bertz CT molecular complexity index is 653. The number of guanidine groups is 1. The maximum atomic E-state index is 5.60. The molecule has 176 valence electrons. The number of hydrogen-bond acceptors (Lipinski definition) is 5. The molecule has 0 aromatic carbocycles. The molecule has 0 atom stereocenters. The second-order valence-electron chi connectivity index (χ2n) is 8.36. The Morgan fingerprint density at radius 2 is 1.84 bits per heavy atom. The van der Waals surface area contributed by atoms with Gasteiger partial charge in [-0.15, -0.1) is 24.0 Å². The molecule has 0 radical (unpaired) electrons. The first-order valence-corrected chi connectivity index (χ1v) is 11.7. The molecule has 0 bridgehead atoms. The van der Waals surface area contributed by atoms with Crippen molar-refractivity contribution < 1.29 is 4.74 Å². The van der Waals surface area contributed by atoms with Gasteiger partial charge in [0.1, 0.15) is 5.82 Å². The predicted octanol–water partition coefficient (Wildman–Crippen LogP) is 3.25. The van der Waals surface area contributed by atoms with Crippen molar-refractivity contribution in [1.82, 2.24) is 20.5 Å². The fourth-order valence-corrected chi connectivity index (χ4v) is 4.76. The third-order valence-corrected chi connectivity index (χ3v) is 6.63. The number of ether oxygens (including phenoxy) is 1. The number of halogens is 1. The fraction of sp³-hybridized carbons (Fsp3) is 0.739. The molecule has 2 aliphatic rings. The van der Waals surface area contributed by atoms with Gasteiger partial charge in [0.25, 0.3) is 0 Å². The molecule has 0 amide bonds. The molecule has 3 rings (SSSR count). The lowest BCUT2D eigenvalue weighted by molar-refractivity contribution is -0.0352. The van der Waals surface area contributed by atoms with Crippen molar-refractivity contribution >= 4 is 35.8 Å². The van der Waals surface area contributed by atoms with Crippen LogP contribution in [0, 0.1) is 0 Å². The van der Waals surface area contributed by atoms with E-state index in [2.05, 4.69) is 56.4 Å². The van der Waals surface area contributed by atoms with Gasteiger partial charge in [0.2, 0.25) is 0 Å². The average molecular weight is 545 g/mol. The molecule has 8 heteroatoms. The molecule has 7 nitrogen and oxygen atoms in total. The third-order valence-electron chi connectivity index (χ3n) is 6.63. The Hall–Kier alpha value is -1.13. The van der Waals surface area contributed by atoms with Crippen molar-refractivity contribution in [2.45, 2.75) is 58.0 Å². The molecular weight excluding hydrogens is 503 g/mol. The van der Waals surface area contributed by atoms with Crippen LogP contribution in [0.1, 0.15) is 51.5 Å². The van der Waals surface area contributed by atoms with Crippen LogP contribution in [-0.4, -0.2) is 74.4 Å². The van der Waals surface area contributed by atoms with Gasteiger partial charge in [-0.3, -0.25) is 9.89 Å². The van der Waals surface area contributed by atoms with E-state index in [0.29, 0.717) is 0 Å². The Morgan fingerprint density at radius 1 is 1.13 bits per heavy atom. The summed E-state index contributed by atoms with van der Waals surface area (Å²) >= 11 is 0. The molecule has 2 heterocycles. The van der Waals surface area contributed by atoms with Gasteiger partial charge in [0, 0.05) is 58.1 Å². The monoisotopic (exact) mass is 544 g/mol. The summed E-state index contributed by atoms with van der Waals surface area (Å²) in [5.74, 6) is 1.90. The maximum absolute atomic E-state index is 5.60. The van der Waals surface area contributed by atoms with Gasteiger partial charge in [-0.2, -0.15) is 0 Å². The number of aromatic nitrogens is 1. The quantitative estimate of drug-likeness (QED) is 0.298. The summed E-state index contributed by atoms with van der Waals surface area (Å²) in [6, 6.07) is 4.26. The minimum atomic E-state index is 0. The van der Waals surface area contributed by atoms with Crippen molar-refractivity contribution in [2.24, 2.45) is 4.99 Å². The molecule has 1 aliphatic carbocycles. The molecular formula is C23H41IN6O. The van der Waals surface area contributed by atoms with E-state index in [1.54, 1.807) is 0 Å². The smallest absolute Gasteiger partial charge is 0.191 e. The first-order chi connectivity index (χ1) is 14.7. The molecule has 1 aromatic rings. The number of aliphatic imine (C=N–C) groups is 1. The number of rotatable bonds is 8. The van der Waals surface area contributed by atoms with E-state index < -0.39 is 0 Å². The summed E-state index contributed by atoms with van der Waals surface area (Å²) in [5, 5.41) is 7.09. The summed E-state index contributed by atoms with van der Waals surface area (Å²) in [6.45, 7) is 11.7. The maximum Gasteiger partial charge on any atom is 0.191 e. The van der Waals surface area contributed by atoms with Crippen molar-refractivity contribution in [1.29, 1.82) is 0 Å². The topological polar surface area (TPSA) is 65.0 Å². The fourth-order valence-electron chi connectivity index (χ4n) is 4.76. The van der Waals surface area contributed by atoms with Gasteiger partial charge in [-0.25, -0.2) is 4.98 Å².